The number of hydrogen-bond acceptors (Lipinski definition) is 3. The van der Waals surface area contributed by atoms with Crippen molar-refractivity contribution in [3.8, 4) is 0 Å². The minimum absolute atomic E-state index is 0.227. The second-order valence-electron chi connectivity index (χ2n) is 3.84. The predicted octanol–water partition coefficient (Wildman–Crippen LogP) is 3.54. The highest BCUT2D eigenvalue weighted by molar-refractivity contribution is 8.77. The van der Waals surface area contributed by atoms with E-state index in [1.54, 1.807) is 0 Å². The van der Waals surface area contributed by atoms with Crippen molar-refractivity contribution in [2.45, 2.75) is 44.8 Å². The van der Waals surface area contributed by atoms with Gasteiger partial charge in [0, 0.05) is 23.3 Å². The summed E-state index contributed by atoms with van der Waals surface area (Å²) in [7, 11) is 3.99. The SMILES string of the molecule is CC(C)C(=O)CCCC1CCSS1. The van der Waals surface area contributed by atoms with Gasteiger partial charge in [0.05, 0.1) is 0 Å². The third kappa shape index (κ3) is 4.41. The van der Waals surface area contributed by atoms with E-state index in [1.165, 1.54) is 18.6 Å². The molecule has 0 radical (unpaired) electrons. The van der Waals surface area contributed by atoms with Gasteiger partial charge < -0.3 is 0 Å². The Balaban J connectivity index is 2.03. The summed E-state index contributed by atoms with van der Waals surface area (Å²) in [5.74, 6) is 1.95. The van der Waals surface area contributed by atoms with E-state index in [4.69, 9.17) is 0 Å². The van der Waals surface area contributed by atoms with Crippen LogP contribution < -0.4 is 0 Å². The van der Waals surface area contributed by atoms with Gasteiger partial charge in [-0.1, -0.05) is 35.4 Å². The van der Waals surface area contributed by atoms with Crippen molar-refractivity contribution in [2.24, 2.45) is 5.92 Å². The molecule has 0 saturated carbocycles. The van der Waals surface area contributed by atoms with Crippen molar-refractivity contribution in [3.63, 3.8) is 0 Å². The topological polar surface area (TPSA) is 17.1 Å². The van der Waals surface area contributed by atoms with Crippen LogP contribution in [0.4, 0.5) is 0 Å². The standard InChI is InChI=1S/C10H18OS2/c1-8(2)10(11)5-3-4-9-6-7-12-13-9/h8-9H,3-7H2,1-2H3. The minimum atomic E-state index is 0.227. The van der Waals surface area contributed by atoms with Gasteiger partial charge in [-0.3, -0.25) is 4.79 Å². The van der Waals surface area contributed by atoms with Crippen molar-refractivity contribution >= 4 is 27.4 Å². The summed E-state index contributed by atoms with van der Waals surface area (Å²) in [6.45, 7) is 3.98. The molecule has 0 N–H and O–H groups in total. The van der Waals surface area contributed by atoms with Crippen LogP contribution in [0.3, 0.4) is 0 Å². The van der Waals surface area contributed by atoms with Crippen molar-refractivity contribution < 1.29 is 4.79 Å². The van der Waals surface area contributed by atoms with E-state index in [2.05, 4.69) is 0 Å². The van der Waals surface area contributed by atoms with Gasteiger partial charge in [-0.05, 0) is 19.3 Å². The normalized spacial score (nSPS) is 22.5. The fourth-order valence-corrected chi connectivity index (χ4v) is 4.38. The Hall–Kier alpha value is 0.370. The fourth-order valence-electron chi connectivity index (χ4n) is 1.36. The molecular formula is C10H18OS2. The van der Waals surface area contributed by atoms with Crippen molar-refractivity contribution in [1.82, 2.24) is 0 Å². The zero-order valence-corrected chi connectivity index (χ0v) is 10.0. The first-order valence-corrected chi connectivity index (χ1v) is 7.39. The van der Waals surface area contributed by atoms with E-state index in [-0.39, 0.29) is 5.92 Å². The molecule has 0 aliphatic carbocycles. The summed E-state index contributed by atoms with van der Waals surface area (Å²) in [5, 5.41) is 0.824. The molecular weight excluding hydrogens is 200 g/mol. The molecule has 1 aliphatic rings. The fraction of sp³-hybridized carbons (Fsp3) is 0.900. The number of hydrogen-bond donors (Lipinski definition) is 0. The largest absolute Gasteiger partial charge is 0.299 e. The van der Waals surface area contributed by atoms with Crippen molar-refractivity contribution in [1.29, 1.82) is 0 Å². The number of Topliss-reactive ketones (excluding diaryl/α,β-unsaturated/α-hetero) is 1. The molecule has 1 atom stereocenters. The van der Waals surface area contributed by atoms with E-state index in [1.807, 2.05) is 35.4 Å². The minimum Gasteiger partial charge on any atom is -0.299 e. The molecule has 0 amide bonds. The Morgan fingerprint density at radius 1 is 1.54 bits per heavy atom. The summed E-state index contributed by atoms with van der Waals surface area (Å²) in [6.07, 6.45) is 4.45. The average molecular weight is 218 g/mol. The molecule has 1 heterocycles. The molecule has 0 spiro atoms. The molecule has 13 heavy (non-hydrogen) atoms. The van der Waals surface area contributed by atoms with Gasteiger partial charge in [-0.15, -0.1) is 0 Å². The summed E-state index contributed by atoms with van der Waals surface area (Å²) in [6, 6.07) is 0. The van der Waals surface area contributed by atoms with Gasteiger partial charge in [0.15, 0.2) is 0 Å². The Morgan fingerprint density at radius 2 is 2.31 bits per heavy atom. The second-order valence-corrected chi connectivity index (χ2v) is 6.63. The van der Waals surface area contributed by atoms with Crippen LogP contribution in [0, 0.1) is 5.92 Å². The highest BCUT2D eigenvalue weighted by atomic mass is 33.1. The first kappa shape index (κ1) is 11.4. The molecule has 1 fully saturated rings. The van der Waals surface area contributed by atoms with Gasteiger partial charge in [0.2, 0.25) is 0 Å². The highest BCUT2D eigenvalue weighted by Gasteiger charge is 2.16. The lowest BCUT2D eigenvalue weighted by atomic mass is 10.0. The summed E-state index contributed by atoms with van der Waals surface area (Å²) < 4.78 is 0. The molecule has 1 unspecified atom stereocenters. The summed E-state index contributed by atoms with van der Waals surface area (Å²) in [4.78, 5) is 11.3. The third-order valence-corrected chi connectivity index (χ3v) is 5.33. The Labute approximate surface area is 88.8 Å². The average Bonchev–Trinajstić information content (AvgIpc) is 2.56. The smallest absolute Gasteiger partial charge is 0.135 e. The van der Waals surface area contributed by atoms with E-state index in [9.17, 15) is 4.79 Å². The zero-order chi connectivity index (χ0) is 9.68. The number of carbonyl (C=O) groups excluding carboxylic acids is 1. The van der Waals surface area contributed by atoms with Crippen LogP contribution in [0.25, 0.3) is 0 Å². The number of carbonyl (C=O) groups is 1. The first-order chi connectivity index (χ1) is 6.20. The van der Waals surface area contributed by atoms with Crippen LogP contribution in [-0.4, -0.2) is 16.8 Å². The van der Waals surface area contributed by atoms with Crippen LogP contribution in [0.15, 0.2) is 0 Å². The zero-order valence-electron chi connectivity index (χ0n) is 8.41. The Kier molecular flexibility index (Phi) is 5.25. The lowest BCUT2D eigenvalue weighted by molar-refractivity contribution is -0.122. The maximum atomic E-state index is 11.3. The molecule has 0 aromatic carbocycles. The van der Waals surface area contributed by atoms with Crippen LogP contribution in [0.1, 0.15) is 39.5 Å². The quantitative estimate of drug-likeness (QED) is 0.657. The van der Waals surface area contributed by atoms with E-state index in [0.29, 0.717) is 5.78 Å². The summed E-state index contributed by atoms with van der Waals surface area (Å²) >= 11 is 0. The lowest BCUT2D eigenvalue weighted by Crippen LogP contribution is -2.07. The molecule has 1 rings (SSSR count). The van der Waals surface area contributed by atoms with Gasteiger partial charge >= 0.3 is 0 Å². The third-order valence-electron chi connectivity index (χ3n) is 2.32. The molecule has 1 nitrogen and oxygen atoms in total. The molecule has 0 aromatic rings. The first-order valence-electron chi connectivity index (χ1n) is 5.01. The second kappa shape index (κ2) is 5.97. The Bertz CT molecular complexity index is 162. The highest BCUT2D eigenvalue weighted by Crippen LogP contribution is 2.39. The van der Waals surface area contributed by atoms with Gasteiger partial charge in [0.1, 0.15) is 5.78 Å². The Morgan fingerprint density at radius 3 is 2.85 bits per heavy atom. The molecule has 76 valence electrons. The predicted molar refractivity (Wildman–Crippen MR) is 62.2 cm³/mol. The van der Waals surface area contributed by atoms with E-state index in [0.717, 1.165) is 18.1 Å². The molecule has 3 heteroatoms. The van der Waals surface area contributed by atoms with E-state index >= 15 is 0 Å². The monoisotopic (exact) mass is 218 g/mol. The van der Waals surface area contributed by atoms with E-state index < -0.39 is 0 Å². The molecule has 1 saturated heterocycles. The van der Waals surface area contributed by atoms with Gasteiger partial charge in [0.25, 0.3) is 0 Å². The van der Waals surface area contributed by atoms with Crippen LogP contribution in [-0.2, 0) is 4.79 Å². The van der Waals surface area contributed by atoms with Crippen molar-refractivity contribution in [3.05, 3.63) is 0 Å². The van der Waals surface area contributed by atoms with Crippen molar-refractivity contribution in [2.75, 3.05) is 5.75 Å². The lowest BCUT2D eigenvalue weighted by Gasteiger charge is -2.07. The van der Waals surface area contributed by atoms with Gasteiger partial charge in [-0.25, -0.2) is 0 Å². The van der Waals surface area contributed by atoms with Gasteiger partial charge in [-0.2, -0.15) is 0 Å². The van der Waals surface area contributed by atoms with Crippen LogP contribution in [0.5, 0.6) is 0 Å². The molecule has 0 aromatic heterocycles. The molecule has 1 aliphatic heterocycles. The maximum absolute atomic E-state index is 11.3. The number of rotatable bonds is 5. The molecule has 0 bridgehead atoms. The summed E-state index contributed by atoms with van der Waals surface area (Å²) in [5.41, 5.74) is 0. The maximum Gasteiger partial charge on any atom is 0.135 e. The van der Waals surface area contributed by atoms with Crippen LogP contribution in [0.2, 0.25) is 0 Å². The number of ketones is 1. The van der Waals surface area contributed by atoms with Crippen LogP contribution >= 0.6 is 21.6 Å².